The van der Waals surface area contributed by atoms with Crippen molar-refractivity contribution in [2.45, 2.75) is 13.3 Å². The normalized spacial score (nSPS) is 8.12. The summed E-state index contributed by atoms with van der Waals surface area (Å²) in [4.78, 5) is 0. The predicted octanol–water partition coefficient (Wildman–Crippen LogP) is 1.91. The van der Waals surface area contributed by atoms with Gasteiger partial charge in [-0.3, -0.25) is 0 Å². The summed E-state index contributed by atoms with van der Waals surface area (Å²) in [6.07, 6.45) is 2.14. The predicted molar refractivity (Wildman–Crippen MR) is 32.8 cm³/mol. The van der Waals surface area contributed by atoms with Crippen molar-refractivity contribution >= 4 is 0 Å². The molecule has 0 atom stereocenters. The van der Waals surface area contributed by atoms with Crippen molar-refractivity contribution < 1.29 is 10.2 Å². The highest BCUT2D eigenvalue weighted by molar-refractivity contribution is 5.01. The van der Waals surface area contributed by atoms with E-state index < -0.39 is 5.95 Å². The molecule has 0 fully saturated rings. The molecule has 0 aliphatic carbocycles. The molecule has 2 N–H and O–H groups in total. The van der Waals surface area contributed by atoms with Gasteiger partial charge in [0, 0.05) is 5.57 Å². The van der Waals surface area contributed by atoms with Gasteiger partial charge in [0.1, 0.15) is 0 Å². The first kappa shape index (κ1) is 7.08. The Hall–Kier alpha value is -0.920. The standard InChI is InChI=1S/C6H10O2/c1-3-4-5(2)6(7)8/h3,7-8H,1,4H2,2H3. The second kappa shape index (κ2) is 3.13. The minimum absolute atomic E-state index is 0.530. The fourth-order valence-corrected chi connectivity index (χ4v) is 0.308. The molecule has 0 aromatic rings. The molecule has 0 aromatic heterocycles. The molecule has 0 spiro atoms. The Morgan fingerprint density at radius 3 is 2.25 bits per heavy atom. The first-order valence-corrected chi connectivity index (χ1v) is 2.37. The highest BCUT2D eigenvalue weighted by Crippen LogP contribution is 2.01. The summed E-state index contributed by atoms with van der Waals surface area (Å²) in [5, 5.41) is 16.7. The molecule has 8 heavy (non-hydrogen) atoms. The maximum absolute atomic E-state index is 8.34. The highest BCUT2D eigenvalue weighted by atomic mass is 16.5. The largest absolute Gasteiger partial charge is 0.481 e. The van der Waals surface area contributed by atoms with Gasteiger partial charge in [0.25, 0.3) is 5.95 Å². The molecule has 0 aliphatic heterocycles. The molecule has 0 saturated carbocycles. The van der Waals surface area contributed by atoms with Crippen LogP contribution in [0.25, 0.3) is 0 Å². The van der Waals surface area contributed by atoms with Gasteiger partial charge >= 0.3 is 0 Å². The molecule has 0 aliphatic rings. The van der Waals surface area contributed by atoms with E-state index in [1.165, 1.54) is 0 Å². The van der Waals surface area contributed by atoms with E-state index in [1.807, 2.05) is 0 Å². The van der Waals surface area contributed by atoms with E-state index in [2.05, 4.69) is 6.58 Å². The van der Waals surface area contributed by atoms with Crippen molar-refractivity contribution in [2.24, 2.45) is 0 Å². The van der Waals surface area contributed by atoms with Gasteiger partial charge in [0.2, 0.25) is 0 Å². The lowest BCUT2D eigenvalue weighted by Crippen LogP contribution is -1.82. The zero-order valence-corrected chi connectivity index (χ0v) is 4.89. The molecule has 0 heterocycles. The average molecular weight is 114 g/mol. The quantitative estimate of drug-likeness (QED) is 0.425. The third-order valence-electron chi connectivity index (χ3n) is 0.832. The van der Waals surface area contributed by atoms with Crippen LogP contribution in [0.5, 0.6) is 0 Å². The minimum Gasteiger partial charge on any atom is -0.481 e. The van der Waals surface area contributed by atoms with E-state index in [0.29, 0.717) is 12.0 Å². The van der Waals surface area contributed by atoms with E-state index in [1.54, 1.807) is 13.0 Å². The van der Waals surface area contributed by atoms with Gasteiger partial charge in [-0.15, -0.1) is 6.58 Å². The van der Waals surface area contributed by atoms with Crippen LogP contribution in [0.3, 0.4) is 0 Å². The van der Waals surface area contributed by atoms with Crippen LogP contribution in [0.15, 0.2) is 24.2 Å². The van der Waals surface area contributed by atoms with Crippen LogP contribution < -0.4 is 0 Å². The Labute approximate surface area is 48.8 Å². The Kier molecular flexibility index (Phi) is 2.77. The summed E-state index contributed by atoms with van der Waals surface area (Å²) >= 11 is 0. The van der Waals surface area contributed by atoms with Crippen molar-refractivity contribution in [3.05, 3.63) is 24.2 Å². The van der Waals surface area contributed by atoms with Gasteiger partial charge in [-0.05, 0) is 13.3 Å². The Bertz CT molecular complexity index is 110. The summed E-state index contributed by atoms with van der Waals surface area (Å²) in [6.45, 7) is 5.06. The number of rotatable bonds is 2. The zero-order chi connectivity index (χ0) is 6.57. The maximum atomic E-state index is 8.34. The first-order chi connectivity index (χ1) is 3.68. The van der Waals surface area contributed by atoms with E-state index in [-0.39, 0.29) is 0 Å². The number of hydrogen-bond donors (Lipinski definition) is 2. The van der Waals surface area contributed by atoms with Crippen LogP contribution in [0.1, 0.15) is 13.3 Å². The smallest absolute Gasteiger partial charge is 0.273 e. The molecule has 0 amide bonds. The molecule has 0 unspecified atom stereocenters. The first-order valence-electron chi connectivity index (χ1n) is 2.37. The lowest BCUT2D eigenvalue weighted by atomic mass is 10.2. The molecule has 0 radical (unpaired) electrons. The second-order valence-electron chi connectivity index (χ2n) is 1.60. The number of aliphatic hydroxyl groups is 2. The molecule has 2 heteroatoms. The molecule has 46 valence electrons. The van der Waals surface area contributed by atoms with Crippen LogP contribution in [0, 0.1) is 0 Å². The topological polar surface area (TPSA) is 40.5 Å². The van der Waals surface area contributed by atoms with Crippen LogP contribution in [-0.2, 0) is 0 Å². The molecule has 0 aromatic carbocycles. The Morgan fingerprint density at radius 1 is 1.62 bits per heavy atom. The summed E-state index contributed by atoms with van der Waals surface area (Å²) < 4.78 is 0. The number of allylic oxidation sites excluding steroid dienone is 2. The fraction of sp³-hybridized carbons (Fsp3) is 0.333. The SMILES string of the molecule is C=CCC(C)=C(O)O. The van der Waals surface area contributed by atoms with Gasteiger partial charge in [-0.1, -0.05) is 6.08 Å². The van der Waals surface area contributed by atoms with Crippen molar-refractivity contribution in [1.82, 2.24) is 0 Å². The van der Waals surface area contributed by atoms with Crippen LogP contribution >= 0.6 is 0 Å². The fourth-order valence-electron chi connectivity index (χ4n) is 0.308. The molecule has 0 bridgehead atoms. The van der Waals surface area contributed by atoms with Gasteiger partial charge in [-0.2, -0.15) is 0 Å². The van der Waals surface area contributed by atoms with Crippen molar-refractivity contribution in [2.75, 3.05) is 0 Å². The number of hydrogen-bond acceptors (Lipinski definition) is 2. The van der Waals surface area contributed by atoms with Gasteiger partial charge in [0.05, 0.1) is 0 Å². The lowest BCUT2D eigenvalue weighted by Gasteiger charge is -1.92. The molecule has 0 saturated heterocycles. The Morgan fingerprint density at radius 2 is 2.12 bits per heavy atom. The second-order valence-corrected chi connectivity index (χ2v) is 1.60. The monoisotopic (exact) mass is 114 g/mol. The van der Waals surface area contributed by atoms with Gasteiger partial charge < -0.3 is 10.2 Å². The van der Waals surface area contributed by atoms with Crippen molar-refractivity contribution in [3.8, 4) is 0 Å². The summed E-state index contributed by atoms with van der Waals surface area (Å²) in [5.74, 6) is -0.593. The van der Waals surface area contributed by atoms with Crippen molar-refractivity contribution in [3.63, 3.8) is 0 Å². The summed E-state index contributed by atoms with van der Waals surface area (Å²) in [7, 11) is 0. The number of aliphatic hydroxyl groups excluding tert-OH is 1. The van der Waals surface area contributed by atoms with Crippen LogP contribution in [0.2, 0.25) is 0 Å². The minimum atomic E-state index is -0.593. The lowest BCUT2D eigenvalue weighted by molar-refractivity contribution is 0.184. The highest BCUT2D eigenvalue weighted by Gasteiger charge is 1.91. The maximum Gasteiger partial charge on any atom is 0.273 e. The van der Waals surface area contributed by atoms with Crippen LogP contribution in [-0.4, -0.2) is 10.2 Å². The van der Waals surface area contributed by atoms with Crippen LogP contribution in [0.4, 0.5) is 0 Å². The van der Waals surface area contributed by atoms with E-state index in [9.17, 15) is 0 Å². The Balaban J connectivity index is 3.79. The summed E-state index contributed by atoms with van der Waals surface area (Å²) in [5.41, 5.74) is 0.542. The average Bonchev–Trinajstić information content (AvgIpc) is 1.67. The zero-order valence-electron chi connectivity index (χ0n) is 4.89. The molecular formula is C6H10O2. The molecular weight excluding hydrogens is 104 g/mol. The van der Waals surface area contributed by atoms with E-state index >= 15 is 0 Å². The van der Waals surface area contributed by atoms with E-state index in [0.717, 1.165) is 0 Å². The van der Waals surface area contributed by atoms with Crippen molar-refractivity contribution in [1.29, 1.82) is 0 Å². The summed E-state index contributed by atoms with van der Waals surface area (Å²) in [6, 6.07) is 0. The van der Waals surface area contributed by atoms with Gasteiger partial charge in [0.15, 0.2) is 0 Å². The molecule has 2 nitrogen and oxygen atoms in total. The third kappa shape index (κ3) is 2.29. The van der Waals surface area contributed by atoms with Gasteiger partial charge in [-0.25, -0.2) is 0 Å². The van der Waals surface area contributed by atoms with E-state index in [4.69, 9.17) is 10.2 Å². The third-order valence-corrected chi connectivity index (χ3v) is 0.832. The molecule has 0 rings (SSSR count).